The van der Waals surface area contributed by atoms with Gasteiger partial charge in [-0.05, 0) is 31.2 Å². The second kappa shape index (κ2) is 5.59. The largest absolute Gasteiger partial charge is 0.366 e. The molecule has 1 N–H and O–H groups in total. The van der Waals surface area contributed by atoms with Crippen LogP contribution in [-0.4, -0.2) is 30.7 Å². The molecular formula is C16H18FN3. The summed E-state index contributed by atoms with van der Waals surface area (Å²) in [6, 6.07) is 9.46. The van der Waals surface area contributed by atoms with Crippen molar-refractivity contribution in [1.29, 1.82) is 0 Å². The first-order chi connectivity index (χ1) is 9.75. The molecule has 20 heavy (non-hydrogen) atoms. The van der Waals surface area contributed by atoms with Gasteiger partial charge in [-0.15, -0.1) is 0 Å². The van der Waals surface area contributed by atoms with E-state index in [4.69, 9.17) is 0 Å². The van der Waals surface area contributed by atoms with Crippen LogP contribution in [0.15, 0.2) is 42.7 Å². The Hall–Kier alpha value is -1.94. The maximum atomic E-state index is 14.1. The summed E-state index contributed by atoms with van der Waals surface area (Å²) in [7, 11) is 0. The van der Waals surface area contributed by atoms with E-state index in [2.05, 4.69) is 22.1 Å². The molecule has 3 rings (SSSR count). The Morgan fingerprint density at radius 2 is 2.25 bits per heavy atom. The zero-order valence-corrected chi connectivity index (χ0v) is 11.5. The van der Waals surface area contributed by atoms with Gasteiger partial charge in [0.05, 0.1) is 0 Å². The SMILES string of the molecule is C[C@H]1CNCCN1c1ccc(F)c(-c2cccnc2)c1. The molecule has 1 aromatic heterocycles. The summed E-state index contributed by atoms with van der Waals surface area (Å²) < 4.78 is 14.1. The quantitative estimate of drug-likeness (QED) is 0.910. The molecule has 1 atom stereocenters. The summed E-state index contributed by atoms with van der Waals surface area (Å²) >= 11 is 0. The number of anilines is 1. The highest BCUT2D eigenvalue weighted by molar-refractivity contribution is 5.68. The van der Waals surface area contributed by atoms with Crippen molar-refractivity contribution in [2.24, 2.45) is 0 Å². The van der Waals surface area contributed by atoms with Crippen LogP contribution in [0, 0.1) is 5.82 Å². The fraction of sp³-hybridized carbons (Fsp3) is 0.312. The Kier molecular flexibility index (Phi) is 3.65. The fourth-order valence-corrected chi connectivity index (χ4v) is 2.66. The number of nitrogens with one attached hydrogen (secondary N) is 1. The molecule has 104 valence electrons. The highest BCUT2D eigenvalue weighted by atomic mass is 19.1. The second-order valence-electron chi connectivity index (χ2n) is 5.15. The topological polar surface area (TPSA) is 28.2 Å². The lowest BCUT2D eigenvalue weighted by atomic mass is 10.0. The minimum absolute atomic E-state index is 0.204. The highest BCUT2D eigenvalue weighted by Gasteiger charge is 2.19. The third-order valence-electron chi connectivity index (χ3n) is 3.76. The summed E-state index contributed by atoms with van der Waals surface area (Å²) in [6.07, 6.45) is 3.40. The zero-order valence-electron chi connectivity index (χ0n) is 11.5. The van der Waals surface area contributed by atoms with Gasteiger partial charge >= 0.3 is 0 Å². The number of nitrogens with zero attached hydrogens (tertiary/aromatic N) is 2. The lowest BCUT2D eigenvalue weighted by molar-refractivity contribution is 0.500. The second-order valence-corrected chi connectivity index (χ2v) is 5.15. The lowest BCUT2D eigenvalue weighted by Crippen LogP contribution is -2.49. The first-order valence-corrected chi connectivity index (χ1v) is 6.93. The molecule has 1 aliphatic rings. The van der Waals surface area contributed by atoms with Crippen LogP contribution in [0.3, 0.4) is 0 Å². The molecule has 4 heteroatoms. The zero-order chi connectivity index (χ0) is 13.9. The van der Waals surface area contributed by atoms with E-state index in [-0.39, 0.29) is 5.82 Å². The van der Waals surface area contributed by atoms with Crippen LogP contribution in [0.5, 0.6) is 0 Å². The van der Waals surface area contributed by atoms with E-state index in [0.717, 1.165) is 30.9 Å². The van der Waals surface area contributed by atoms with Crippen LogP contribution in [0.2, 0.25) is 0 Å². The molecule has 0 spiro atoms. The van der Waals surface area contributed by atoms with Crippen molar-refractivity contribution in [3.05, 3.63) is 48.5 Å². The van der Waals surface area contributed by atoms with Crippen molar-refractivity contribution < 1.29 is 4.39 Å². The Morgan fingerprint density at radius 3 is 3.00 bits per heavy atom. The molecule has 0 radical (unpaired) electrons. The van der Waals surface area contributed by atoms with Crippen LogP contribution in [0.1, 0.15) is 6.92 Å². The summed E-state index contributed by atoms with van der Waals surface area (Å²) in [5, 5.41) is 3.37. The van der Waals surface area contributed by atoms with Crippen molar-refractivity contribution in [3.63, 3.8) is 0 Å². The predicted molar refractivity (Wildman–Crippen MR) is 79.3 cm³/mol. The van der Waals surface area contributed by atoms with Crippen LogP contribution < -0.4 is 10.2 Å². The molecule has 1 aromatic carbocycles. The molecule has 1 saturated heterocycles. The first-order valence-electron chi connectivity index (χ1n) is 6.93. The van der Waals surface area contributed by atoms with Gasteiger partial charge in [0.1, 0.15) is 5.82 Å². The van der Waals surface area contributed by atoms with E-state index in [0.29, 0.717) is 11.6 Å². The van der Waals surface area contributed by atoms with Gasteiger partial charge in [-0.25, -0.2) is 4.39 Å². The number of halogens is 1. The monoisotopic (exact) mass is 271 g/mol. The smallest absolute Gasteiger partial charge is 0.131 e. The summed E-state index contributed by atoms with van der Waals surface area (Å²) in [5.74, 6) is -0.204. The standard InChI is InChI=1S/C16H18FN3/c1-12-10-19-7-8-20(12)14-4-5-16(17)15(9-14)13-3-2-6-18-11-13/h2-6,9,11-12,19H,7-8,10H2,1H3/t12-/m0/s1. The van der Waals surface area contributed by atoms with Crippen molar-refractivity contribution >= 4 is 5.69 Å². The van der Waals surface area contributed by atoms with E-state index in [1.54, 1.807) is 18.5 Å². The summed E-state index contributed by atoms with van der Waals surface area (Å²) in [5.41, 5.74) is 2.50. The van der Waals surface area contributed by atoms with Gasteiger partial charge in [0, 0.05) is 54.9 Å². The molecular weight excluding hydrogens is 253 g/mol. The van der Waals surface area contributed by atoms with E-state index in [9.17, 15) is 4.39 Å². The predicted octanol–water partition coefficient (Wildman–Crippen LogP) is 2.69. The van der Waals surface area contributed by atoms with Crippen molar-refractivity contribution in [2.45, 2.75) is 13.0 Å². The highest BCUT2D eigenvalue weighted by Crippen LogP contribution is 2.28. The minimum Gasteiger partial charge on any atom is -0.366 e. The van der Waals surface area contributed by atoms with Crippen LogP contribution in [0.25, 0.3) is 11.1 Å². The van der Waals surface area contributed by atoms with Gasteiger partial charge < -0.3 is 10.2 Å². The van der Waals surface area contributed by atoms with E-state index in [1.165, 1.54) is 0 Å². The average molecular weight is 271 g/mol. The molecule has 0 saturated carbocycles. The Bertz CT molecular complexity index is 586. The first kappa shape index (κ1) is 13.1. The molecule has 1 aliphatic heterocycles. The lowest BCUT2D eigenvalue weighted by Gasteiger charge is -2.36. The van der Waals surface area contributed by atoms with Gasteiger partial charge in [0.15, 0.2) is 0 Å². The van der Waals surface area contributed by atoms with Crippen molar-refractivity contribution in [2.75, 3.05) is 24.5 Å². The fourth-order valence-electron chi connectivity index (χ4n) is 2.66. The third-order valence-corrected chi connectivity index (χ3v) is 3.76. The molecule has 0 bridgehead atoms. The number of pyridine rings is 1. The third kappa shape index (κ3) is 2.51. The molecule has 3 nitrogen and oxygen atoms in total. The Morgan fingerprint density at radius 1 is 1.35 bits per heavy atom. The molecule has 2 aromatic rings. The number of hydrogen-bond donors (Lipinski definition) is 1. The van der Waals surface area contributed by atoms with E-state index in [1.807, 2.05) is 24.3 Å². The Balaban J connectivity index is 1.98. The van der Waals surface area contributed by atoms with Gasteiger partial charge in [-0.3, -0.25) is 4.98 Å². The number of piperazine rings is 1. The van der Waals surface area contributed by atoms with E-state index < -0.39 is 0 Å². The van der Waals surface area contributed by atoms with Crippen molar-refractivity contribution in [3.8, 4) is 11.1 Å². The summed E-state index contributed by atoms with van der Waals surface area (Å²) in [6.45, 7) is 5.04. The summed E-state index contributed by atoms with van der Waals surface area (Å²) in [4.78, 5) is 6.38. The maximum absolute atomic E-state index is 14.1. The molecule has 0 unspecified atom stereocenters. The van der Waals surface area contributed by atoms with E-state index >= 15 is 0 Å². The van der Waals surface area contributed by atoms with Gasteiger partial charge in [0.25, 0.3) is 0 Å². The van der Waals surface area contributed by atoms with Crippen LogP contribution in [0.4, 0.5) is 10.1 Å². The number of rotatable bonds is 2. The molecule has 0 aliphatic carbocycles. The van der Waals surface area contributed by atoms with Gasteiger partial charge in [0.2, 0.25) is 0 Å². The van der Waals surface area contributed by atoms with Crippen LogP contribution >= 0.6 is 0 Å². The normalized spacial score (nSPS) is 19.1. The molecule has 1 fully saturated rings. The maximum Gasteiger partial charge on any atom is 0.131 e. The number of hydrogen-bond acceptors (Lipinski definition) is 3. The van der Waals surface area contributed by atoms with Crippen molar-refractivity contribution in [1.82, 2.24) is 10.3 Å². The van der Waals surface area contributed by atoms with Gasteiger partial charge in [-0.2, -0.15) is 0 Å². The molecule has 0 amide bonds. The average Bonchev–Trinajstić information content (AvgIpc) is 2.49. The number of aromatic nitrogens is 1. The molecule has 2 heterocycles. The number of benzene rings is 1. The minimum atomic E-state index is -0.204. The van der Waals surface area contributed by atoms with Gasteiger partial charge in [-0.1, -0.05) is 6.07 Å². The van der Waals surface area contributed by atoms with Crippen LogP contribution in [-0.2, 0) is 0 Å². The Labute approximate surface area is 118 Å².